The van der Waals surface area contributed by atoms with Crippen molar-refractivity contribution in [2.24, 2.45) is 0 Å². The van der Waals surface area contributed by atoms with Gasteiger partial charge in [-0.2, -0.15) is 5.10 Å². The number of carbonyl (C=O) groups is 1. The van der Waals surface area contributed by atoms with Gasteiger partial charge in [0.05, 0.1) is 22.7 Å². The monoisotopic (exact) mass is 494 g/mol. The summed E-state index contributed by atoms with van der Waals surface area (Å²) in [4.78, 5) is 13.0. The number of anilines is 1. The quantitative estimate of drug-likeness (QED) is 0.510. The number of nitrogens with zero attached hydrogens (tertiary/aromatic N) is 2. The van der Waals surface area contributed by atoms with Crippen LogP contribution in [0.25, 0.3) is 0 Å². The third-order valence-corrected chi connectivity index (χ3v) is 6.92. The fourth-order valence-corrected chi connectivity index (χ4v) is 5.08. The van der Waals surface area contributed by atoms with Gasteiger partial charge in [0.15, 0.2) is 0 Å². The number of aromatic nitrogens is 2. The summed E-state index contributed by atoms with van der Waals surface area (Å²) in [5, 5.41) is 7.81. The molecule has 0 saturated carbocycles. The number of halogens is 2. The van der Waals surface area contributed by atoms with Gasteiger partial charge in [0.25, 0.3) is 5.91 Å². The number of carbonyl (C=O) groups excluding carboxylic acids is 1. The number of nitrogens with one attached hydrogen (secondary N) is 2. The first kappa shape index (κ1) is 24.3. The van der Waals surface area contributed by atoms with E-state index in [0.717, 1.165) is 5.56 Å². The molecule has 170 valence electrons. The highest BCUT2D eigenvalue weighted by Gasteiger charge is 2.24. The molecule has 0 aliphatic heterocycles. The standard InChI is InChI=1S/C22H24Cl2N4O3S/c1-14-19(20(24)28(26-14)13-15-8-5-6-11-18(15)23)21(29)25-16-9-7-10-17(12-16)32(30,31)27-22(2,3)4/h5-12,27H,13H2,1-4H3,(H,25,29). The molecule has 3 aromatic rings. The minimum absolute atomic E-state index is 0.0439. The molecule has 0 bridgehead atoms. The van der Waals surface area contributed by atoms with Crippen LogP contribution in [0.5, 0.6) is 0 Å². The highest BCUT2D eigenvalue weighted by molar-refractivity contribution is 7.89. The Morgan fingerprint density at radius 2 is 1.78 bits per heavy atom. The maximum atomic E-state index is 12.9. The van der Waals surface area contributed by atoms with Crippen LogP contribution >= 0.6 is 23.2 Å². The molecule has 3 rings (SSSR count). The lowest BCUT2D eigenvalue weighted by molar-refractivity contribution is 0.102. The first-order valence-electron chi connectivity index (χ1n) is 9.79. The van der Waals surface area contributed by atoms with E-state index in [-0.39, 0.29) is 15.6 Å². The smallest absolute Gasteiger partial charge is 0.260 e. The summed E-state index contributed by atoms with van der Waals surface area (Å²) in [5.41, 5.74) is 1.15. The molecule has 0 fully saturated rings. The van der Waals surface area contributed by atoms with Gasteiger partial charge < -0.3 is 5.32 Å². The van der Waals surface area contributed by atoms with Crippen molar-refractivity contribution < 1.29 is 13.2 Å². The second-order valence-corrected chi connectivity index (χ2v) is 10.8. The summed E-state index contributed by atoms with van der Waals surface area (Å²) in [6, 6.07) is 13.3. The first-order chi connectivity index (χ1) is 14.9. The largest absolute Gasteiger partial charge is 0.322 e. The molecule has 0 aliphatic carbocycles. The minimum atomic E-state index is -3.75. The third-order valence-electron chi connectivity index (χ3n) is 4.41. The van der Waals surface area contributed by atoms with Gasteiger partial charge in [-0.15, -0.1) is 0 Å². The van der Waals surface area contributed by atoms with E-state index in [9.17, 15) is 13.2 Å². The highest BCUT2D eigenvalue weighted by Crippen LogP contribution is 2.25. The summed E-state index contributed by atoms with van der Waals surface area (Å²) in [6.45, 7) is 7.24. The van der Waals surface area contributed by atoms with Crippen LogP contribution in [0.1, 0.15) is 42.4 Å². The molecular formula is C22H24Cl2N4O3S. The Hall–Kier alpha value is -2.39. The van der Waals surface area contributed by atoms with Crippen LogP contribution in [0, 0.1) is 6.92 Å². The van der Waals surface area contributed by atoms with Crippen molar-refractivity contribution in [3.63, 3.8) is 0 Å². The van der Waals surface area contributed by atoms with Crippen LogP contribution in [0.15, 0.2) is 53.4 Å². The lowest BCUT2D eigenvalue weighted by atomic mass is 10.1. The van der Waals surface area contributed by atoms with Crippen LogP contribution in [0.2, 0.25) is 10.2 Å². The van der Waals surface area contributed by atoms with E-state index in [2.05, 4.69) is 15.1 Å². The Morgan fingerprint density at radius 3 is 2.44 bits per heavy atom. The summed E-state index contributed by atoms with van der Waals surface area (Å²) >= 11 is 12.7. The van der Waals surface area contributed by atoms with Crippen LogP contribution in [-0.4, -0.2) is 29.6 Å². The predicted octanol–water partition coefficient (Wildman–Crippen LogP) is 4.88. The summed E-state index contributed by atoms with van der Waals surface area (Å²) < 4.78 is 29.3. The van der Waals surface area contributed by atoms with E-state index in [0.29, 0.717) is 22.9 Å². The SMILES string of the molecule is Cc1nn(Cc2ccccc2Cl)c(Cl)c1C(=O)Nc1cccc(S(=O)(=O)NC(C)(C)C)c1. The summed E-state index contributed by atoms with van der Waals surface area (Å²) in [6.07, 6.45) is 0. The van der Waals surface area contributed by atoms with Crippen LogP contribution in [0.3, 0.4) is 0 Å². The second-order valence-electron chi connectivity index (χ2n) is 8.34. The molecule has 0 saturated heterocycles. The van der Waals surface area contributed by atoms with Gasteiger partial charge in [-0.3, -0.25) is 4.79 Å². The Balaban J connectivity index is 1.84. The Morgan fingerprint density at radius 1 is 1.09 bits per heavy atom. The minimum Gasteiger partial charge on any atom is -0.322 e. The molecule has 1 heterocycles. The van der Waals surface area contributed by atoms with Gasteiger partial charge in [-0.1, -0.05) is 47.5 Å². The van der Waals surface area contributed by atoms with E-state index in [1.54, 1.807) is 45.9 Å². The third kappa shape index (κ3) is 5.69. The van der Waals surface area contributed by atoms with Gasteiger partial charge in [0.1, 0.15) is 5.15 Å². The van der Waals surface area contributed by atoms with Crippen molar-refractivity contribution in [3.8, 4) is 0 Å². The predicted molar refractivity (Wildman–Crippen MR) is 127 cm³/mol. The van der Waals surface area contributed by atoms with Crippen LogP contribution in [-0.2, 0) is 16.6 Å². The molecule has 1 aromatic heterocycles. The topological polar surface area (TPSA) is 93.1 Å². The molecule has 0 unspecified atom stereocenters. The number of aryl methyl sites for hydroxylation is 1. The number of hydrogen-bond donors (Lipinski definition) is 2. The molecule has 2 N–H and O–H groups in total. The molecule has 0 spiro atoms. The maximum Gasteiger partial charge on any atom is 0.260 e. The average molecular weight is 495 g/mol. The highest BCUT2D eigenvalue weighted by atomic mass is 35.5. The first-order valence-corrected chi connectivity index (χ1v) is 12.0. The number of hydrogen-bond acceptors (Lipinski definition) is 4. The molecule has 2 aromatic carbocycles. The molecular weight excluding hydrogens is 471 g/mol. The van der Waals surface area contributed by atoms with Crippen molar-refractivity contribution in [3.05, 3.63) is 75.5 Å². The number of benzene rings is 2. The average Bonchev–Trinajstić information content (AvgIpc) is 2.95. The summed E-state index contributed by atoms with van der Waals surface area (Å²) in [5.74, 6) is -0.490. The molecule has 0 aliphatic rings. The lowest BCUT2D eigenvalue weighted by Crippen LogP contribution is -2.40. The fraction of sp³-hybridized carbons (Fsp3) is 0.273. The molecule has 0 radical (unpaired) electrons. The maximum absolute atomic E-state index is 12.9. The number of amides is 1. The van der Waals surface area contributed by atoms with E-state index in [4.69, 9.17) is 23.2 Å². The Kier molecular flexibility index (Phi) is 7.00. The van der Waals surface area contributed by atoms with Crippen molar-refractivity contribution in [2.75, 3.05) is 5.32 Å². The molecule has 0 atom stereocenters. The zero-order valence-corrected chi connectivity index (χ0v) is 20.4. The fourth-order valence-electron chi connectivity index (χ4n) is 3.10. The van der Waals surface area contributed by atoms with E-state index in [1.807, 2.05) is 18.2 Å². The van der Waals surface area contributed by atoms with Gasteiger partial charge in [-0.25, -0.2) is 17.8 Å². The van der Waals surface area contributed by atoms with E-state index >= 15 is 0 Å². The van der Waals surface area contributed by atoms with Gasteiger partial charge in [0.2, 0.25) is 10.0 Å². The molecule has 32 heavy (non-hydrogen) atoms. The number of rotatable bonds is 6. The van der Waals surface area contributed by atoms with Crippen LogP contribution in [0.4, 0.5) is 5.69 Å². The molecule has 10 heteroatoms. The second kappa shape index (κ2) is 9.23. The van der Waals surface area contributed by atoms with Gasteiger partial charge in [0, 0.05) is 16.2 Å². The van der Waals surface area contributed by atoms with E-state index in [1.165, 1.54) is 16.8 Å². The Labute approximate surface area is 197 Å². The Bertz CT molecular complexity index is 1260. The van der Waals surface area contributed by atoms with Gasteiger partial charge >= 0.3 is 0 Å². The van der Waals surface area contributed by atoms with Crippen molar-refractivity contribution in [1.29, 1.82) is 0 Å². The number of sulfonamides is 1. The van der Waals surface area contributed by atoms with Crippen molar-refractivity contribution in [1.82, 2.24) is 14.5 Å². The normalized spacial score (nSPS) is 12.1. The molecule has 7 nitrogen and oxygen atoms in total. The lowest BCUT2D eigenvalue weighted by Gasteiger charge is -2.20. The van der Waals surface area contributed by atoms with E-state index < -0.39 is 21.5 Å². The van der Waals surface area contributed by atoms with Gasteiger partial charge in [-0.05, 0) is 57.5 Å². The summed E-state index contributed by atoms with van der Waals surface area (Å²) in [7, 11) is -3.75. The van der Waals surface area contributed by atoms with Crippen LogP contribution < -0.4 is 10.0 Å². The molecule has 1 amide bonds. The van der Waals surface area contributed by atoms with Crippen molar-refractivity contribution >= 4 is 44.8 Å². The van der Waals surface area contributed by atoms with Crippen molar-refractivity contribution in [2.45, 2.75) is 44.7 Å². The zero-order valence-electron chi connectivity index (χ0n) is 18.1. The zero-order chi connectivity index (χ0) is 23.7.